The van der Waals surface area contributed by atoms with Gasteiger partial charge in [-0.15, -0.1) is 0 Å². The molecule has 0 aliphatic rings. The summed E-state index contributed by atoms with van der Waals surface area (Å²) in [5, 5.41) is 6.25. The topological polar surface area (TPSA) is 48.0 Å². The van der Waals surface area contributed by atoms with Crippen LogP contribution in [0.25, 0.3) is 21.8 Å². The van der Waals surface area contributed by atoms with E-state index in [2.05, 4.69) is 27.5 Å². The van der Waals surface area contributed by atoms with Gasteiger partial charge in [0.15, 0.2) is 0 Å². The van der Waals surface area contributed by atoms with Gasteiger partial charge in [-0.3, -0.25) is 4.79 Å². The summed E-state index contributed by atoms with van der Waals surface area (Å²) in [6.07, 6.45) is 0. The molecule has 108 valence electrons. The Hall–Kier alpha value is -2.59. The predicted molar refractivity (Wildman–Crippen MR) is 91.4 cm³/mol. The fourth-order valence-corrected chi connectivity index (χ4v) is 3.70. The molecule has 3 nitrogen and oxygen atoms in total. The van der Waals surface area contributed by atoms with E-state index in [0.29, 0.717) is 5.56 Å². The van der Waals surface area contributed by atoms with E-state index >= 15 is 0 Å². The van der Waals surface area contributed by atoms with Crippen LogP contribution in [0.3, 0.4) is 0 Å². The molecule has 0 unspecified atom stereocenters. The van der Waals surface area contributed by atoms with Crippen LogP contribution in [0.15, 0.2) is 59.3 Å². The number of para-hydroxylation sites is 1. The Labute approximate surface area is 131 Å². The Morgan fingerprint density at radius 1 is 1.05 bits per heavy atom. The summed E-state index contributed by atoms with van der Waals surface area (Å²) in [5.41, 5.74) is 9.58. The lowest BCUT2D eigenvalue weighted by Gasteiger charge is -2.06. The molecule has 0 saturated heterocycles. The molecule has 4 rings (SSSR count). The summed E-state index contributed by atoms with van der Waals surface area (Å²) in [5.74, 6) is -0.385. The van der Waals surface area contributed by atoms with Crippen molar-refractivity contribution < 1.29 is 4.79 Å². The lowest BCUT2D eigenvalue weighted by Crippen LogP contribution is -2.11. The van der Waals surface area contributed by atoms with Crippen LogP contribution in [-0.4, -0.2) is 10.5 Å². The van der Waals surface area contributed by atoms with Crippen LogP contribution in [0.5, 0.6) is 0 Å². The number of carbonyl (C=O) groups excluding carboxylic acids is 1. The minimum atomic E-state index is -0.385. The van der Waals surface area contributed by atoms with E-state index in [4.69, 9.17) is 5.73 Å². The summed E-state index contributed by atoms with van der Waals surface area (Å²) in [6, 6.07) is 16.0. The fourth-order valence-electron chi connectivity index (χ4n) is 3.04. The highest BCUT2D eigenvalue weighted by Gasteiger charge is 2.15. The second kappa shape index (κ2) is 5.00. The van der Waals surface area contributed by atoms with Crippen LogP contribution in [0.2, 0.25) is 0 Å². The number of rotatable bonds is 3. The van der Waals surface area contributed by atoms with Crippen molar-refractivity contribution >= 4 is 39.0 Å². The van der Waals surface area contributed by atoms with Gasteiger partial charge in [0.1, 0.15) is 0 Å². The number of fused-ring (bicyclic) bond motifs is 3. The molecule has 0 saturated carbocycles. The third kappa shape index (κ3) is 1.92. The Kier molecular flexibility index (Phi) is 2.98. The van der Waals surface area contributed by atoms with Gasteiger partial charge in [0, 0.05) is 28.4 Å². The van der Waals surface area contributed by atoms with Crippen molar-refractivity contribution in [1.29, 1.82) is 0 Å². The monoisotopic (exact) mass is 306 g/mol. The van der Waals surface area contributed by atoms with Gasteiger partial charge in [0.05, 0.1) is 5.52 Å². The molecular weight excluding hydrogens is 292 g/mol. The van der Waals surface area contributed by atoms with Crippen molar-refractivity contribution in [3.63, 3.8) is 0 Å². The molecule has 0 radical (unpaired) electrons. The van der Waals surface area contributed by atoms with Gasteiger partial charge in [-0.05, 0) is 40.6 Å². The molecule has 1 amide bonds. The molecule has 0 aliphatic heterocycles. The first-order valence-corrected chi connectivity index (χ1v) is 8.01. The zero-order chi connectivity index (χ0) is 15.1. The van der Waals surface area contributed by atoms with Crippen molar-refractivity contribution in [2.24, 2.45) is 5.73 Å². The van der Waals surface area contributed by atoms with Crippen molar-refractivity contribution in [3.8, 4) is 0 Å². The molecule has 0 fully saturated rings. The van der Waals surface area contributed by atoms with Crippen LogP contribution < -0.4 is 5.73 Å². The number of thiophene rings is 1. The van der Waals surface area contributed by atoms with Crippen molar-refractivity contribution in [2.45, 2.75) is 6.54 Å². The maximum absolute atomic E-state index is 11.8. The highest BCUT2D eigenvalue weighted by atomic mass is 32.1. The van der Waals surface area contributed by atoms with Gasteiger partial charge in [0.25, 0.3) is 0 Å². The van der Waals surface area contributed by atoms with Crippen LogP contribution in [0, 0.1) is 0 Å². The zero-order valence-electron chi connectivity index (χ0n) is 11.8. The van der Waals surface area contributed by atoms with E-state index in [-0.39, 0.29) is 5.91 Å². The number of nitrogens with zero attached hydrogens (tertiary/aromatic N) is 1. The second-order valence-electron chi connectivity index (χ2n) is 5.30. The number of nitrogens with two attached hydrogens (primary N) is 1. The summed E-state index contributed by atoms with van der Waals surface area (Å²) >= 11 is 1.69. The van der Waals surface area contributed by atoms with E-state index < -0.39 is 0 Å². The van der Waals surface area contributed by atoms with Crippen LogP contribution in [0.1, 0.15) is 15.9 Å². The van der Waals surface area contributed by atoms with E-state index in [9.17, 15) is 4.79 Å². The first kappa shape index (κ1) is 13.1. The molecule has 2 aromatic heterocycles. The second-order valence-corrected chi connectivity index (χ2v) is 6.08. The molecule has 4 aromatic rings. The first-order valence-electron chi connectivity index (χ1n) is 7.06. The standard InChI is InChI=1S/C18H14N2OS/c19-18(21)14-5-3-7-16-17(14)13-4-1-2-6-15(13)20(16)10-12-8-9-22-11-12/h1-9,11H,10H2,(H2,19,21). The number of carbonyl (C=O) groups is 1. The van der Waals surface area contributed by atoms with Crippen molar-refractivity contribution in [2.75, 3.05) is 0 Å². The van der Waals surface area contributed by atoms with E-state index in [1.807, 2.05) is 30.3 Å². The largest absolute Gasteiger partial charge is 0.366 e. The van der Waals surface area contributed by atoms with Crippen molar-refractivity contribution in [3.05, 3.63) is 70.4 Å². The van der Waals surface area contributed by atoms with Gasteiger partial charge in [0.2, 0.25) is 5.91 Å². The minimum absolute atomic E-state index is 0.385. The normalized spacial score (nSPS) is 11.3. The summed E-state index contributed by atoms with van der Waals surface area (Å²) in [7, 11) is 0. The Morgan fingerprint density at radius 2 is 1.86 bits per heavy atom. The number of amides is 1. The highest BCUT2D eigenvalue weighted by Crippen LogP contribution is 2.32. The zero-order valence-corrected chi connectivity index (χ0v) is 12.6. The fraction of sp³-hybridized carbons (Fsp3) is 0.0556. The molecule has 22 heavy (non-hydrogen) atoms. The molecule has 2 aromatic carbocycles. The van der Waals surface area contributed by atoms with Gasteiger partial charge in [-0.25, -0.2) is 0 Å². The number of aromatic nitrogens is 1. The lowest BCUT2D eigenvalue weighted by atomic mass is 10.1. The smallest absolute Gasteiger partial charge is 0.249 e. The Morgan fingerprint density at radius 3 is 2.64 bits per heavy atom. The molecule has 0 bridgehead atoms. The highest BCUT2D eigenvalue weighted by molar-refractivity contribution is 7.07. The van der Waals surface area contributed by atoms with Crippen LogP contribution in [-0.2, 0) is 6.54 Å². The molecule has 0 aliphatic carbocycles. The Bertz CT molecular complexity index is 983. The average molecular weight is 306 g/mol. The maximum Gasteiger partial charge on any atom is 0.249 e. The quantitative estimate of drug-likeness (QED) is 0.611. The average Bonchev–Trinajstić information content (AvgIpc) is 3.15. The molecule has 0 atom stereocenters. The van der Waals surface area contributed by atoms with Gasteiger partial charge in [-0.2, -0.15) is 11.3 Å². The number of primary amides is 1. The number of benzene rings is 2. The van der Waals surface area contributed by atoms with Gasteiger partial charge in [-0.1, -0.05) is 24.3 Å². The van der Waals surface area contributed by atoms with E-state index in [1.165, 1.54) is 5.56 Å². The summed E-state index contributed by atoms with van der Waals surface area (Å²) in [4.78, 5) is 11.8. The van der Waals surface area contributed by atoms with Gasteiger partial charge < -0.3 is 10.3 Å². The summed E-state index contributed by atoms with van der Waals surface area (Å²) in [6.45, 7) is 0.787. The summed E-state index contributed by atoms with van der Waals surface area (Å²) < 4.78 is 2.25. The third-order valence-electron chi connectivity index (χ3n) is 3.98. The van der Waals surface area contributed by atoms with E-state index in [1.54, 1.807) is 17.4 Å². The predicted octanol–water partition coefficient (Wildman–Crippen LogP) is 4.00. The SMILES string of the molecule is NC(=O)c1cccc2c1c1ccccc1n2Cc1ccsc1. The number of hydrogen-bond donors (Lipinski definition) is 1. The van der Waals surface area contributed by atoms with E-state index in [0.717, 1.165) is 28.4 Å². The lowest BCUT2D eigenvalue weighted by molar-refractivity contribution is 0.100. The molecule has 0 spiro atoms. The molecule has 2 heterocycles. The van der Waals surface area contributed by atoms with Crippen molar-refractivity contribution in [1.82, 2.24) is 4.57 Å². The van der Waals surface area contributed by atoms with Crippen LogP contribution in [0.4, 0.5) is 0 Å². The maximum atomic E-state index is 11.8. The number of hydrogen-bond acceptors (Lipinski definition) is 2. The molecule has 4 heteroatoms. The first-order chi connectivity index (χ1) is 10.8. The third-order valence-corrected chi connectivity index (χ3v) is 4.72. The minimum Gasteiger partial charge on any atom is -0.366 e. The Balaban J connectivity index is 2.09. The van der Waals surface area contributed by atoms with Gasteiger partial charge >= 0.3 is 0 Å². The van der Waals surface area contributed by atoms with Crippen LogP contribution >= 0.6 is 11.3 Å². The molecule has 2 N–H and O–H groups in total. The molecular formula is C18H14N2OS.